The van der Waals surface area contributed by atoms with Gasteiger partial charge in [0.15, 0.2) is 6.61 Å². The van der Waals surface area contributed by atoms with Crippen LogP contribution in [0.5, 0.6) is 5.75 Å². The number of hydrogen-bond donors (Lipinski definition) is 0. The fraction of sp³-hybridized carbons (Fsp3) is 0.207. The van der Waals surface area contributed by atoms with Crippen molar-refractivity contribution in [1.29, 1.82) is 0 Å². The zero-order valence-corrected chi connectivity index (χ0v) is 19.6. The van der Waals surface area contributed by atoms with Crippen molar-refractivity contribution in [2.75, 3.05) is 13.2 Å². The van der Waals surface area contributed by atoms with Crippen LogP contribution in [0.4, 0.5) is 0 Å². The Kier molecular flexibility index (Phi) is 6.44. The number of ether oxygens (including phenoxy) is 1. The number of rotatable bonds is 6. The molecule has 176 valence electrons. The van der Waals surface area contributed by atoms with Gasteiger partial charge in [-0.1, -0.05) is 78.9 Å². The molecule has 6 heteroatoms. The number of amides is 1. The number of aryl methyl sites for hydroxylation is 1. The van der Waals surface area contributed by atoms with E-state index in [1.165, 1.54) is 0 Å². The van der Waals surface area contributed by atoms with Gasteiger partial charge in [-0.15, -0.1) is 0 Å². The van der Waals surface area contributed by atoms with Crippen LogP contribution < -0.4 is 10.3 Å². The van der Waals surface area contributed by atoms with Crippen molar-refractivity contribution >= 4 is 5.91 Å². The van der Waals surface area contributed by atoms with Crippen molar-refractivity contribution in [3.8, 4) is 5.75 Å². The number of para-hydroxylation sites is 1. The second-order valence-corrected chi connectivity index (χ2v) is 8.65. The maximum absolute atomic E-state index is 13.8. The topological polar surface area (TPSA) is 64.4 Å². The minimum atomic E-state index is -0.276. The molecule has 0 saturated carbocycles. The molecule has 0 fully saturated rings. The zero-order chi connectivity index (χ0) is 24.2. The lowest BCUT2D eigenvalue weighted by Crippen LogP contribution is -2.43. The van der Waals surface area contributed by atoms with Gasteiger partial charge in [-0.3, -0.25) is 14.2 Å². The van der Waals surface area contributed by atoms with Crippen LogP contribution in [0.3, 0.4) is 0 Å². The Hall–Kier alpha value is -4.19. The number of carbonyl (C=O) groups is 1. The van der Waals surface area contributed by atoms with Gasteiger partial charge in [0.1, 0.15) is 11.6 Å². The Morgan fingerprint density at radius 2 is 1.49 bits per heavy atom. The molecule has 2 heterocycles. The minimum absolute atomic E-state index is 0.0422. The molecule has 1 aromatic heterocycles. The highest BCUT2D eigenvalue weighted by Gasteiger charge is 2.28. The monoisotopic (exact) mass is 465 g/mol. The minimum Gasteiger partial charge on any atom is -0.484 e. The number of fused-ring (bicyclic) bond motifs is 1. The molecule has 3 aromatic carbocycles. The number of aromatic nitrogens is 2. The lowest BCUT2D eigenvalue weighted by atomic mass is 9.97. The fourth-order valence-electron chi connectivity index (χ4n) is 4.65. The molecule has 0 saturated heterocycles. The lowest BCUT2D eigenvalue weighted by Gasteiger charge is -2.30. The number of hydrogen-bond acceptors (Lipinski definition) is 4. The first-order valence-corrected chi connectivity index (χ1v) is 11.8. The number of carbonyl (C=O) groups excluding carboxylic acids is 1. The third-order valence-electron chi connectivity index (χ3n) is 6.39. The molecule has 1 amide bonds. The molecular formula is C29H27N3O3. The smallest absolute Gasteiger partial charge is 0.260 e. The van der Waals surface area contributed by atoms with E-state index in [1.807, 2.05) is 97.9 Å². The molecule has 0 aliphatic carbocycles. The maximum atomic E-state index is 13.8. The number of nitrogens with zero attached hydrogens (tertiary/aromatic N) is 3. The Morgan fingerprint density at radius 1 is 0.914 bits per heavy atom. The van der Waals surface area contributed by atoms with Crippen LogP contribution in [-0.4, -0.2) is 33.5 Å². The van der Waals surface area contributed by atoms with Crippen molar-refractivity contribution in [3.05, 3.63) is 130 Å². The molecule has 0 unspecified atom stereocenters. The maximum Gasteiger partial charge on any atom is 0.260 e. The highest BCUT2D eigenvalue weighted by Crippen LogP contribution is 2.27. The van der Waals surface area contributed by atoms with E-state index in [2.05, 4.69) is 0 Å². The molecule has 1 aliphatic heterocycles. The van der Waals surface area contributed by atoms with Crippen LogP contribution in [0.15, 0.2) is 95.8 Å². The van der Waals surface area contributed by atoms with Crippen molar-refractivity contribution in [2.24, 2.45) is 0 Å². The van der Waals surface area contributed by atoms with Crippen LogP contribution in [0.25, 0.3) is 0 Å². The second-order valence-electron chi connectivity index (χ2n) is 8.65. The van der Waals surface area contributed by atoms with Crippen molar-refractivity contribution in [3.63, 3.8) is 0 Å². The summed E-state index contributed by atoms with van der Waals surface area (Å²) in [5.41, 5.74) is 3.36. The third-order valence-corrected chi connectivity index (χ3v) is 6.39. The zero-order valence-electron chi connectivity index (χ0n) is 19.6. The summed E-state index contributed by atoms with van der Waals surface area (Å²) in [6.07, 6.45) is 0.467. The van der Waals surface area contributed by atoms with Crippen molar-refractivity contribution < 1.29 is 9.53 Å². The van der Waals surface area contributed by atoms with E-state index < -0.39 is 0 Å². The van der Waals surface area contributed by atoms with Crippen LogP contribution in [-0.2, 0) is 17.8 Å². The Balaban J connectivity index is 1.44. The SMILES string of the molecule is Cc1nc2c(c(=O)n1C(c1ccccc1)c1ccccc1)CCN(C(=O)COc1ccccc1)C2. The quantitative estimate of drug-likeness (QED) is 0.429. The van der Waals surface area contributed by atoms with Crippen LogP contribution in [0.2, 0.25) is 0 Å². The van der Waals surface area contributed by atoms with E-state index in [0.29, 0.717) is 42.3 Å². The average molecular weight is 466 g/mol. The molecular weight excluding hydrogens is 438 g/mol. The summed E-state index contributed by atoms with van der Waals surface area (Å²) in [6, 6.07) is 29.0. The van der Waals surface area contributed by atoms with Gasteiger partial charge in [0.2, 0.25) is 0 Å². The van der Waals surface area contributed by atoms with Gasteiger partial charge in [-0.25, -0.2) is 4.98 Å². The fourth-order valence-corrected chi connectivity index (χ4v) is 4.65. The van der Waals surface area contributed by atoms with Gasteiger partial charge < -0.3 is 9.64 Å². The Bertz CT molecular complexity index is 1330. The molecule has 0 atom stereocenters. The first kappa shape index (κ1) is 22.6. The highest BCUT2D eigenvalue weighted by atomic mass is 16.5. The van der Waals surface area contributed by atoms with Crippen LogP contribution in [0, 0.1) is 6.92 Å². The first-order chi connectivity index (χ1) is 17.1. The molecule has 1 aliphatic rings. The van der Waals surface area contributed by atoms with E-state index in [4.69, 9.17) is 9.72 Å². The molecule has 5 rings (SSSR count). The summed E-state index contributed by atoms with van der Waals surface area (Å²) in [7, 11) is 0. The molecule has 35 heavy (non-hydrogen) atoms. The van der Waals surface area contributed by atoms with E-state index in [1.54, 1.807) is 9.47 Å². The summed E-state index contributed by atoms with van der Waals surface area (Å²) in [4.78, 5) is 33.1. The van der Waals surface area contributed by atoms with Gasteiger partial charge in [-0.05, 0) is 36.6 Å². The van der Waals surface area contributed by atoms with Gasteiger partial charge in [0.25, 0.3) is 11.5 Å². The Morgan fingerprint density at radius 3 is 2.09 bits per heavy atom. The summed E-state index contributed by atoms with van der Waals surface area (Å²) in [5.74, 6) is 1.17. The Labute approximate surface area is 204 Å². The van der Waals surface area contributed by atoms with Crippen LogP contribution in [0.1, 0.15) is 34.3 Å². The molecule has 0 spiro atoms. The van der Waals surface area contributed by atoms with Crippen LogP contribution >= 0.6 is 0 Å². The normalized spacial score (nSPS) is 12.9. The average Bonchev–Trinajstić information content (AvgIpc) is 2.91. The van der Waals surface area contributed by atoms with E-state index in [-0.39, 0.29) is 24.1 Å². The van der Waals surface area contributed by atoms with E-state index in [9.17, 15) is 9.59 Å². The van der Waals surface area contributed by atoms with Gasteiger partial charge in [-0.2, -0.15) is 0 Å². The third kappa shape index (κ3) is 4.73. The van der Waals surface area contributed by atoms with Gasteiger partial charge in [0, 0.05) is 12.1 Å². The summed E-state index contributed by atoms with van der Waals surface area (Å²) in [6.45, 7) is 2.59. The summed E-state index contributed by atoms with van der Waals surface area (Å²) in [5, 5.41) is 0. The van der Waals surface area contributed by atoms with Gasteiger partial charge in [0.05, 0.1) is 18.3 Å². The largest absolute Gasteiger partial charge is 0.484 e. The highest BCUT2D eigenvalue weighted by molar-refractivity contribution is 5.78. The molecule has 4 aromatic rings. The predicted molar refractivity (Wildman–Crippen MR) is 134 cm³/mol. The van der Waals surface area contributed by atoms with Gasteiger partial charge >= 0.3 is 0 Å². The first-order valence-electron chi connectivity index (χ1n) is 11.8. The lowest BCUT2D eigenvalue weighted by molar-refractivity contribution is -0.134. The summed E-state index contributed by atoms with van der Waals surface area (Å²) >= 11 is 0. The standard InChI is InChI=1S/C29H27N3O3/c1-21-30-26-19-31(27(33)20-35-24-15-9-4-10-16-24)18-17-25(26)29(34)32(21)28(22-11-5-2-6-12-22)23-13-7-3-8-14-23/h2-16,28H,17-20H2,1H3. The number of benzene rings is 3. The van der Waals surface area contributed by atoms with Crippen molar-refractivity contribution in [1.82, 2.24) is 14.5 Å². The van der Waals surface area contributed by atoms with E-state index >= 15 is 0 Å². The summed E-state index contributed by atoms with van der Waals surface area (Å²) < 4.78 is 7.42. The second kappa shape index (κ2) is 9.97. The molecule has 6 nitrogen and oxygen atoms in total. The molecule has 0 radical (unpaired) electrons. The van der Waals surface area contributed by atoms with Crippen molar-refractivity contribution in [2.45, 2.75) is 25.9 Å². The predicted octanol–water partition coefficient (Wildman–Crippen LogP) is 4.15. The van der Waals surface area contributed by atoms with E-state index in [0.717, 1.165) is 11.1 Å². The molecule has 0 bridgehead atoms. The molecule has 0 N–H and O–H groups in total.